The number of aryl methyl sites for hydroxylation is 1. The van der Waals surface area contributed by atoms with Gasteiger partial charge in [-0.2, -0.15) is 10.4 Å². The van der Waals surface area contributed by atoms with Gasteiger partial charge in [-0.25, -0.2) is 4.68 Å². The van der Waals surface area contributed by atoms with Gasteiger partial charge in [-0.05, 0) is 25.1 Å². The van der Waals surface area contributed by atoms with Crippen LogP contribution in [-0.4, -0.2) is 15.7 Å². The predicted octanol–water partition coefficient (Wildman–Crippen LogP) is 2.51. The van der Waals surface area contributed by atoms with E-state index in [2.05, 4.69) is 10.4 Å². The van der Waals surface area contributed by atoms with E-state index in [-0.39, 0.29) is 17.4 Å². The van der Waals surface area contributed by atoms with Gasteiger partial charge in [0, 0.05) is 11.3 Å². The number of aromatic nitrogens is 2. The number of nitrogens with zero attached hydrogens (tertiary/aromatic N) is 3. The second-order valence-corrected chi connectivity index (χ2v) is 6.72. The van der Waals surface area contributed by atoms with Crippen molar-refractivity contribution in [1.29, 1.82) is 5.26 Å². The Balaban J connectivity index is 1.90. The second kappa shape index (κ2) is 5.47. The van der Waals surface area contributed by atoms with Gasteiger partial charge in [-0.1, -0.05) is 36.4 Å². The lowest BCUT2D eigenvalue weighted by Gasteiger charge is -2.32. The molecular weight excluding hydrogens is 354 g/mol. The Morgan fingerprint density at radius 1 is 1.18 bits per heavy atom. The average molecular weight is 369 g/mol. The van der Waals surface area contributed by atoms with E-state index in [9.17, 15) is 10.1 Å². The van der Waals surface area contributed by atoms with Crippen LogP contribution in [0.5, 0.6) is 5.88 Å². The van der Waals surface area contributed by atoms with Crippen molar-refractivity contribution in [2.24, 2.45) is 5.73 Å². The Morgan fingerprint density at radius 2 is 1.89 bits per heavy atom. The molecule has 1 spiro atoms. The summed E-state index contributed by atoms with van der Waals surface area (Å²) >= 11 is 0. The first kappa shape index (κ1) is 16.1. The molecule has 0 fully saturated rings. The Hall–Kier alpha value is -4.05. The van der Waals surface area contributed by atoms with Crippen LogP contribution in [0, 0.1) is 18.3 Å². The Bertz CT molecular complexity index is 1220. The van der Waals surface area contributed by atoms with Crippen LogP contribution >= 0.6 is 0 Å². The van der Waals surface area contributed by atoms with Crippen molar-refractivity contribution in [3.63, 3.8) is 0 Å². The summed E-state index contributed by atoms with van der Waals surface area (Å²) in [7, 11) is 0. The largest absolute Gasteiger partial charge is 0.425 e. The maximum Gasteiger partial charge on any atom is 0.246 e. The molecule has 1 atom stereocenters. The highest BCUT2D eigenvalue weighted by atomic mass is 16.5. The van der Waals surface area contributed by atoms with Crippen LogP contribution in [0.3, 0.4) is 0 Å². The third-order valence-corrected chi connectivity index (χ3v) is 5.26. The molecule has 3 heterocycles. The number of rotatable bonds is 1. The quantitative estimate of drug-likeness (QED) is 0.685. The maximum atomic E-state index is 13.3. The molecule has 136 valence electrons. The molecule has 7 heteroatoms. The Labute approximate surface area is 160 Å². The van der Waals surface area contributed by atoms with Crippen LogP contribution in [0.2, 0.25) is 0 Å². The zero-order chi connectivity index (χ0) is 19.5. The van der Waals surface area contributed by atoms with Gasteiger partial charge in [0.2, 0.25) is 17.5 Å². The molecule has 0 radical (unpaired) electrons. The number of ether oxygens (including phenoxy) is 1. The molecule has 7 nitrogen and oxygen atoms in total. The number of carbonyl (C=O) groups excluding carboxylic acids is 1. The molecule has 0 saturated carbocycles. The smallest absolute Gasteiger partial charge is 0.246 e. The van der Waals surface area contributed by atoms with Crippen LogP contribution in [0.15, 0.2) is 66.1 Å². The van der Waals surface area contributed by atoms with Crippen molar-refractivity contribution >= 4 is 11.6 Å². The molecule has 5 rings (SSSR count). The molecule has 2 aromatic carbocycles. The SMILES string of the molecule is Cc1nn(-c2ccccc2)c2c1[C@@]1(C(=O)Nc3ccccc31)C(N)=C(C#N)O2. The lowest BCUT2D eigenvalue weighted by atomic mass is 9.71. The minimum Gasteiger partial charge on any atom is -0.425 e. The summed E-state index contributed by atoms with van der Waals surface area (Å²) in [6.45, 7) is 1.81. The summed E-state index contributed by atoms with van der Waals surface area (Å²) in [6.07, 6.45) is 0. The summed E-state index contributed by atoms with van der Waals surface area (Å²) in [5.74, 6) is -0.100. The number of anilines is 1. The van der Waals surface area contributed by atoms with Gasteiger partial charge >= 0.3 is 0 Å². The fraction of sp³-hybridized carbons (Fsp3) is 0.0952. The number of carbonyl (C=O) groups is 1. The fourth-order valence-electron chi connectivity index (χ4n) is 4.09. The van der Waals surface area contributed by atoms with Gasteiger partial charge in [0.1, 0.15) is 6.07 Å². The number of fused-ring (bicyclic) bond motifs is 4. The van der Waals surface area contributed by atoms with Crippen LogP contribution in [0.4, 0.5) is 5.69 Å². The molecule has 3 N–H and O–H groups in total. The highest BCUT2D eigenvalue weighted by molar-refractivity contribution is 6.12. The zero-order valence-electron chi connectivity index (χ0n) is 14.9. The van der Waals surface area contributed by atoms with Gasteiger partial charge in [0.15, 0.2) is 5.41 Å². The molecule has 2 aliphatic rings. The lowest BCUT2D eigenvalue weighted by Crippen LogP contribution is -2.44. The monoisotopic (exact) mass is 369 g/mol. The molecule has 28 heavy (non-hydrogen) atoms. The van der Waals surface area contributed by atoms with Crippen molar-refractivity contribution < 1.29 is 9.53 Å². The predicted molar refractivity (Wildman–Crippen MR) is 102 cm³/mol. The number of nitrogens with two attached hydrogens (primary N) is 1. The van der Waals surface area contributed by atoms with E-state index in [1.165, 1.54) is 0 Å². The van der Waals surface area contributed by atoms with Crippen molar-refractivity contribution in [2.45, 2.75) is 12.3 Å². The molecule has 3 aromatic rings. The molecule has 1 aromatic heterocycles. The Kier molecular flexibility index (Phi) is 3.16. The molecule has 0 saturated heterocycles. The first-order valence-corrected chi connectivity index (χ1v) is 8.73. The highest BCUT2D eigenvalue weighted by Crippen LogP contribution is 2.53. The van der Waals surface area contributed by atoms with Crippen molar-refractivity contribution in [1.82, 2.24) is 9.78 Å². The number of benzene rings is 2. The standard InChI is InChI=1S/C21H15N5O2/c1-12-17-19(26(25-12)13-7-3-2-4-8-13)28-16(11-22)18(23)21(17)14-9-5-6-10-15(14)24-20(21)27/h2-10H,23H2,1H3,(H,24,27)/t21-/m1/s1. The van der Waals surface area contributed by atoms with Gasteiger partial charge < -0.3 is 15.8 Å². The maximum absolute atomic E-state index is 13.3. The number of hydrogen-bond donors (Lipinski definition) is 2. The van der Waals surface area contributed by atoms with E-state index < -0.39 is 5.41 Å². The van der Waals surface area contributed by atoms with E-state index >= 15 is 0 Å². The van der Waals surface area contributed by atoms with Crippen LogP contribution < -0.4 is 15.8 Å². The van der Waals surface area contributed by atoms with E-state index in [0.717, 1.165) is 5.69 Å². The number of nitrogens with one attached hydrogen (secondary N) is 1. The van der Waals surface area contributed by atoms with Gasteiger partial charge in [0.05, 0.1) is 22.6 Å². The third-order valence-electron chi connectivity index (χ3n) is 5.26. The second-order valence-electron chi connectivity index (χ2n) is 6.72. The molecule has 0 bridgehead atoms. The molecule has 1 amide bonds. The number of hydrogen-bond acceptors (Lipinski definition) is 5. The average Bonchev–Trinajstić information content (AvgIpc) is 3.20. The molecule has 0 aliphatic carbocycles. The minimum atomic E-state index is -1.35. The molecule has 0 unspecified atom stereocenters. The van der Waals surface area contributed by atoms with E-state index in [1.54, 1.807) is 4.68 Å². The summed E-state index contributed by atoms with van der Waals surface area (Å²) in [6, 6.07) is 18.7. The fourth-order valence-corrected chi connectivity index (χ4v) is 4.09. The molecule has 2 aliphatic heterocycles. The summed E-state index contributed by atoms with van der Waals surface area (Å²) in [5.41, 5.74) is 8.37. The Morgan fingerprint density at radius 3 is 2.64 bits per heavy atom. The minimum absolute atomic E-state index is 0.0701. The lowest BCUT2D eigenvalue weighted by molar-refractivity contribution is -0.118. The van der Waals surface area contributed by atoms with Crippen molar-refractivity contribution in [3.05, 3.63) is 82.9 Å². The van der Waals surface area contributed by atoms with Crippen LogP contribution in [0.25, 0.3) is 5.69 Å². The van der Waals surface area contributed by atoms with Crippen molar-refractivity contribution in [2.75, 3.05) is 5.32 Å². The summed E-state index contributed by atoms with van der Waals surface area (Å²) in [5, 5.41) is 17.2. The van der Waals surface area contributed by atoms with E-state index in [1.807, 2.05) is 67.6 Å². The van der Waals surface area contributed by atoms with E-state index in [4.69, 9.17) is 10.5 Å². The number of allylic oxidation sites excluding steroid dienone is 1. The van der Waals surface area contributed by atoms with Gasteiger partial charge in [-0.3, -0.25) is 4.79 Å². The van der Waals surface area contributed by atoms with Gasteiger partial charge in [0.25, 0.3) is 0 Å². The normalized spacial score (nSPS) is 19.6. The van der Waals surface area contributed by atoms with Crippen molar-refractivity contribution in [3.8, 4) is 17.6 Å². The van der Waals surface area contributed by atoms with Gasteiger partial charge in [-0.15, -0.1) is 0 Å². The highest BCUT2D eigenvalue weighted by Gasteiger charge is 2.57. The summed E-state index contributed by atoms with van der Waals surface area (Å²) < 4.78 is 7.47. The van der Waals surface area contributed by atoms with E-state index in [0.29, 0.717) is 28.4 Å². The number of para-hydroxylation sites is 2. The topological polar surface area (TPSA) is 106 Å². The summed E-state index contributed by atoms with van der Waals surface area (Å²) in [4.78, 5) is 13.3. The number of amides is 1. The first-order chi connectivity index (χ1) is 13.6. The first-order valence-electron chi connectivity index (χ1n) is 8.73. The number of nitriles is 1. The van der Waals surface area contributed by atoms with Crippen LogP contribution in [0.1, 0.15) is 16.8 Å². The van der Waals surface area contributed by atoms with Crippen LogP contribution in [-0.2, 0) is 10.2 Å². The zero-order valence-corrected chi connectivity index (χ0v) is 14.9. The third kappa shape index (κ3) is 1.81. The molecular formula is C21H15N5O2.